The Balaban J connectivity index is 2.21. The van der Waals surface area contributed by atoms with Crippen LogP contribution in [0.15, 0.2) is 22.4 Å². The minimum Gasteiger partial charge on any atom is -0.496 e. The highest BCUT2D eigenvalue weighted by atomic mass is 32.2. The number of rotatable bonds is 6. The third-order valence-corrected chi connectivity index (χ3v) is 5.64. The lowest BCUT2D eigenvalue weighted by molar-refractivity contribution is 0.411. The molecule has 0 saturated carbocycles. The van der Waals surface area contributed by atoms with Gasteiger partial charge in [0.15, 0.2) is 5.13 Å². The number of methoxy groups -OCH3 is 1. The van der Waals surface area contributed by atoms with Crippen molar-refractivity contribution in [3.05, 3.63) is 34.3 Å². The Hall–Kier alpha value is -1.64. The normalized spacial score (nSPS) is 11.5. The summed E-state index contributed by atoms with van der Waals surface area (Å²) in [6.07, 6.45) is 0. The molecule has 2 N–H and O–H groups in total. The Kier molecular flexibility index (Phi) is 5.05. The molecule has 0 unspecified atom stereocenters. The van der Waals surface area contributed by atoms with Crippen LogP contribution in [0.3, 0.4) is 0 Å². The zero-order chi connectivity index (χ0) is 16.3. The van der Waals surface area contributed by atoms with Crippen molar-refractivity contribution < 1.29 is 13.2 Å². The average Bonchev–Trinajstić information content (AvgIpc) is 2.95. The van der Waals surface area contributed by atoms with Crippen LogP contribution >= 0.6 is 11.3 Å². The molecular formula is C14H19N3O3S2. The van der Waals surface area contributed by atoms with E-state index in [9.17, 15) is 8.42 Å². The number of sulfonamides is 1. The predicted octanol–water partition coefficient (Wildman–Crippen LogP) is 2.29. The molecule has 0 saturated heterocycles. The number of nitrogens with zero attached hydrogens (tertiary/aromatic N) is 1. The van der Waals surface area contributed by atoms with Gasteiger partial charge in [0.2, 0.25) is 10.0 Å². The summed E-state index contributed by atoms with van der Waals surface area (Å²) in [5, 5.41) is 5.50. The largest absolute Gasteiger partial charge is 0.496 e. The second-order valence-corrected chi connectivity index (χ2v) is 7.40. The van der Waals surface area contributed by atoms with Crippen molar-refractivity contribution in [2.45, 2.75) is 25.3 Å². The van der Waals surface area contributed by atoms with Crippen LogP contribution in [0.4, 0.5) is 5.13 Å². The SMILES string of the molecule is CNc1nc(CNS(=O)(=O)c2cc(C)c(OC)cc2C)cs1. The highest BCUT2D eigenvalue weighted by Gasteiger charge is 2.19. The molecule has 1 heterocycles. The summed E-state index contributed by atoms with van der Waals surface area (Å²) in [6.45, 7) is 3.72. The van der Waals surface area contributed by atoms with Gasteiger partial charge in [-0.2, -0.15) is 0 Å². The van der Waals surface area contributed by atoms with E-state index in [4.69, 9.17) is 4.74 Å². The van der Waals surface area contributed by atoms with Gasteiger partial charge in [0.1, 0.15) is 5.75 Å². The molecule has 0 radical (unpaired) electrons. The molecule has 6 nitrogen and oxygen atoms in total. The Morgan fingerprint density at radius 2 is 2.00 bits per heavy atom. The molecule has 2 rings (SSSR count). The fourth-order valence-electron chi connectivity index (χ4n) is 2.02. The monoisotopic (exact) mass is 341 g/mol. The average molecular weight is 341 g/mol. The van der Waals surface area contributed by atoms with Crippen LogP contribution in [0.5, 0.6) is 5.75 Å². The number of aromatic nitrogens is 1. The number of nitrogens with one attached hydrogen (secondary N) is 2. The van der Waals surface area contributed by atoms with Crippen LogP contribution in [0.25, 0.3) is 0 Å². The van der Waals surface area contributed by atoms with Crippen molar-refractivity contribution in [1.29, 1.82) is 0 Å². The lowest BCUT2D eigenvalue weighted by Crippen LogP contribution is -2.24. The first-order chi connectivity index (χ1) is 10.4. The maximum atomic E-state index is 12.5. The van der Waals surface area contributed by atoms with Crippen molar-refractivity contribution in [2.24, 2.45) is 0 Å². The summed E-state index contributed by atoms with van der Waals surface area (Å²) in [5.41, 5.74) is 2.10. The first-order valence-corrected chi connectivity index (χ1v) is 9.00. The molecular weight excluding hydrogens is 322 g/mol. The van der Waals surface area contributed by atoms with Gasteiger partial charge < -0.3 is 10.1 Å². The number of benzene rings is 1. The maximum Gasteiger partial charge on any atom is 0.241 e. The number of anilines is 1. The third kappa shape index (κ3) is 3.57. The molecule has 0 bridgehead atoms. The van der Waals surface area contributed by atoms with E-state index in [1.54, 1.807) is 33.2 Å². The van der Waals surface area contributed by atoms with Gasteiger partial charge in [0.05, 0.1) is 24.2 Å². The highest BCUT2D eigenvalue weighted by molar-refractivity contribution is 7.89. The molecule has 0 spiro atoms. The first kappa shape index (κ1) is 16.7. The molecule has 1 aromatic carbocycles. The van der Waals surface area contributed by atoms with Crippen molar-refractivity contribution in [2.75, 3.05) is 19.5 Å². The molecule has 1 aromatic heterocycles. The Labute approximate surface area is 134 Å². The number of ether oxygens (including phenoxy) is 1. The molecule has 120 valence electrons. The van der Waals surface area contributed by atoms with Gasteiger partial charge in [-0.05, 0) is 37.1 Å². The van der Waals surface area contributed by atoms with Crippen LogP contribution < -0.4 is 14.8 Å². The van der Waals surface area contributed by atoms with Crippen LogP contribution in [-0.2, 0) is 16.6 Å². The molecule has 0 atom stereocenters. The lowest BCUT2D eigenvalue weighted by atomic mass is 10.1. The van der Waals surface area contributed by atoms with Gasteiger partial charge in [-0.15, -0.1) is 11.3 Å². The first-order valence-electron chi connectivity index (χ1n) is 6.64. The van der Waals surface area contributed by atoms with E-state index in [1.807, 2.05) is 12.3 Å². The van der Waals surface area contributed by atoms with Crippen molar-refractivity contribution >= 4 is 26.5 Å². The van der Waals surface area contributed by atoms with E-state index in [0.29, 0.717) is 17.0 Å². The molecule has 0 aliphatic carbocycles. The van der Waals surface area contributed by atoms with Gasteiger partial charge in [-0.1, -0.05) is 0 Å². The summed E-state index contributed by atoms with van der Waals surface area (Å²) >= 11 is 1.43. The quantitative estimate of drug-likeness (QED) is 0.843. The van der Waals surface area contributed by atoms with Gasteiger partial charge in [0, 0.05) is 12.4 Å². The lowest BCUT2D eigenvalue weighted by Gasteiger charge is -2.12. The number of hydrogen-bond donors (Lipinski definition) is 2. The molecule has 0 fully saturated rings. The standard InChI is InChI=1S/C14H19N3O3S2/c1-9-6-13(10(2)5-12(9)20-4)22(18,19)16-7-11-8-21-14(15-3)17-11/h5-6,8,16H,7H2,1-4H3,(H,15,17). The van der Waals surface area contributed by atoms with Crippen LogP contribution in [-0.4, -0.2) is 27.6 Å². The maximum absolute atomic E-state index is 12.5. The topological polar surface area (TPSA) is 80.3 Å². The minimum absolute atomic E-state index is 0.158. The van der Waals surface area contributed by atoms with Gasteiger partial charge >= 0.3 is 0 Å². The zero-order valence-electron chi connectivity index (χ0n) is 12.9. The highest BCUT2D eigenvalue weighted by Crippen LogP contribution is 2.25. The molecule has 2 aromatic rings. The Morgan fingerprint density at radius 3 is 2.59 bits per heavy atom. The van der Waals surface area contributed by atoms with Crippen LogP contribution in [0, 0.1) is 13.8 Å². The Bertz CT molecular complexity index is 770. The summed E-state index contributed by atoms with van der Waals surface area (Å²) in [7, 11) is -0.256. The number of aryl methyl sites for hydroxylation is 2. The predicted molar refractivity (Wildman–Crippen MR) is 88.2 cm³/mol. The van der Waals surface area contributed by atoms with Crippen LogP contribution in [0.2, 0.25) is 0 Å². The van der Waals surface area contributed by atoms with Crippen LogP contribution in [0.1, 0.15) is 16.8 Å². The molecule has 0 aliphatic rings. The van der Waals surface area contributed by atoms with E-state index < -0.39 is 10.0 Å². The smallest absolute Gasteiger partial charge is 0.241 e. The zero-order valence-corrected chi connectivity index (χ0v) is 14.6. The summed E-state index contributed by atoms with van der Waals surface area (Å²) in [5.74, 6) is 0.676. The second kappa shape index (κ2) is 6.64. The number of hydrogen-bond acceptors (Lipinski definition) is 6. The summed E-state index contributed by atoms with van der Waals surface area (Å²) in [6, 6.07) is 3.35. The van der Waals surface area contributed by atoms with Gasteiger partial charge in [-0.3, -0.25) is 0 Å². The van der Waals surface area contributed by atoms with Crippen molar-refractivity contribution in [3.8, 4) is 5.75 Å². The van der Waals surface area contributed by atoms with E-state index in [2.05, 4.69) is 15.0 Å². The van der Waals surface area contributed by atoms with Crippen molar-refractivity contribution in [3.63, 3.8) is 0 Å². The Morgan fingerprint density at radius 1 is 1.27 bits per heavy atom. The third-order valence-electron chi connectivity index (χ3n) is 3.19. The summed E-state index contributed by atoms with van der Waals surface area (Å²) < 4.78 is 32.7. The van der Waals surface area contributed by atoms with E-state index in [1.165, 1.54) is 11.3 Å². The minimum atomic E-state index is -3.60. The molecule has 0 aliphatic heterocycles. The fourth-order valence-corrected chi connectivity index (χ4v) is 4.00. The fraction of sp³-hybridized carbons (Fsp3) is 0.357. The van der Waals surface area contributed by atoms with Crippen molar-refractivity contribution in [1.82, 2.24) is 9.71 Å². The molecule has 0 amide bonds. The van der Waals surface area contributed by atoms with E-state index in [0.717, 1.165) is 10.7 Å². The van der Waals surface area contributed by atoms with Gasteiger partial charge in [0.25, 0.3) is 0 Å². The number of thiazole rings is 1. The van der Waals surface area contributed by atoms with Gasteiger partial charge in [-0.25, -0.2) is 18.1 Å². The second-order valence-electron chi connectivity index (χ2n) is 4.81. The molecule has 22 heavy (non-hydrogen) atoms. The molecule has 8 heteroatoms. The summed E-state index contributed by atoms with van der Waals surface area (Å²) in [4.78, 5) is 4.51. The van der Waals surface area contributed by atoms with E-state index in [-0.39, 0.29) is 11.4 Å². The van der Waals surface area contributed by atoms with E-state index >= 15 is 0 Å².